The number of cyclic esters (lactones) is 1. The van der Waals surface area contributed by atoms with Crippen molar-refractivity contribution in [3.8, 4) is 0 Å². The highest BCUT2D eigenvalue weighted by molar-refractivity contribution is 5.80. The fraction of sp³-hybridized carbons (Fsp3) is 0.667. The Morgan fingerprint density at radius 1 is 0.746 bits per heavy atom. The first-order valence-electron chi connectivity index (χ1n) is 23.1. The lowest BCUT2D eigenvalue weighted by Crippen LogP contribution is -2.60. The molecule has 0 aromatic rings. The van der Waals surface area contributed by atoms with E-state index in [0.717, 1.165) is 0 Å². The van der Waals surface area contributed by atoms with Crippen LogP contribution in [0.15, 0.2) is 85.1 Å². The lowest BCUT2D eigenvalue weighted by Gasteiger charge is -2.46. The molecular weight excluding hydrogens is 877 g/mol. The second-order valence-electron chi connectivity index (χ2n) is 17.9. The monoisotopic (exact) mass is 953 g/mol. The quantitative estimate of drug-likeness (QED) is 0.154. The first kappa shape index (κ1) is 57.8. The molecule has 0 radical (unpaired) electrons. The van der Waals surface area contributed by atoms with Gasteiger partial charge in [-0.15, -0.1) is 0 Å². The summed E-state index contributed by atoms with van der Waals surface area (Å²) >= 11 is 0. The Bertz CT molecular complexity index is 1690. The van der Waals surface area contributed by atoms with Gasteiger partial charge in [0.1, 0.15) is 12.2 Å². The standard InChI is InChI=1S/C48H76N2O17/c1-29-16-14-12-10-8-6-4-5-7-9-11-13-15-17-35(66-47-45(61)44(49)40(59)28-64-47)24-41-43(46(62)50-30(2)27-51)39(58)26-48(63,67-41)25-34(54)22-38(57)36(55)19-18-32(52)21-33(53)23-42(60)65-31(3)20-37(29)56/h4-17,29-41,43-45,47,51-59,61,63H,18-28,49H2,1-3H3,(H,50,62)/b5-4+,8-6+,9-7+,12-10+,13-11+,16-14+,17-15+/t29-,30-,31-,32?,33?,34?,35?,36?,37?,38?,39-,40?,41-,43?,44-,45-,47-,48?/m0/s1. The number of nitrogens with two attached hydrogens (primary N) is 1. The zero-order chi connectivity index (χ0) is 49.7. The Morgan fingerprint density at radius 3 is 1.96 bits per heavy atom. The molecule has 18 atom stereocenters. The van der Waals surface area contributed by atoms with Gasteiger partial charge in [0.05, 0.1) is 92.6 Å². The molecule has 19 nitrogen and oxygen atoms in total. The van der Waals surface area contributed by atoms with E-state index in [0.29, 0.717) is 0 Å². The van der Waals surface area contributed by atoms with Crippen LogP contribution in [0.25, 0.3) is 0 Å². The molecule has 0 aliphatic carbocycles. The number of ether oxygens (including phenoxy) is 4. The average molecular weight is 953 g/mol. The lowest BCUT2D eigenvalue weighted by atomic mass is 9.82. The minimum absolute atomic E-state index is 0.101. The van der Waals surface area contributed by atoms with Gasteiger partial charge in [-0.3, -0.25) is 9.59 Å². The number of hydrogen-bond donors (Lipinski definition) is 13. The molecule has 3 heterocycles. The second-order valence-corrected chi connectivity index (χ2v) is 17.9. The molecular formula is C48H76N2O17. The van der Waals surface area contributed by atoms with Gasteiger partial charge in [-0.25, -0.2) is 0 Å². The summed E-state index contributed by atoms with van der Waals surface area (Å²) in [6.07, 6.45) is 5.25. The predicted molar refractivity (Wildman–Crippen MR) is 245 cm³/mol. The molecule has 0 saturated carbocycles. The van der Waals surface area contributed by atoms with Gasteiger partial charge in [-0.2, -0.15) is 0 Å². The summed E-state index contributed by atoms with van der Waals surface area (Å²) in [4.78, 5) is 26.1. The normalized spacial score (nSPS) is 42.7. The van der Waals surface area contributed by atoms with E-state index in [-0.39, 0.29) is 44.6 Å². The second kappa shape index (κ2) is 29.5. The van der Waals surface area contributed by atoms with Crippen LogP contribution >= 0.6 is 0 Å². The van der Waals surface area contributed by atoms with Crippen molar-refractivity contribution in [1.29, 1.82) is 0 Å². The lowest BCUT2D eigenvalue weighted by molar-refractivity contribution is -0.304. The fourth-order valence-corrected chi connectivity index (χ4v) is 7.89. The van der Waals surface area contributed by atoms with Crippen molar-refractivity contribution < 1.29 is 84.7 Å². The van der Waals surface area contributed by atoms with Gasteiger partial charge >= 0.3 is 5.97 Å². The Hall–Kier alpha value is -3.48. The largest absolute Gasteiger partial charge is 0.462 e. The third-order valence-electron chi connectivity index (χ3n) is 11.7. The number of esters is 1. The van der Waals surface area contributed by atoms with Crippen molar-refractivity contribution in [2.24, 2.45) is 17.6 Å². The van der Waals surface area contributed by atoms with E-state index in [9.17, 15) is 65.8 Å². The number of hydrogen-bond acceptors (Lipinski definition) is 18. The van der Waals surface area contributed by atoms with Crippen LogP contribution in [0.2, 0.25) is 0 Å². The summed E-state index contributed by atoms with van der Waals surface area (Å²) in [5.41, 5.74) is 5.99. The van der Waals surface area contributed by atoms with Crippen LogP contribution in [0.1, 0.15) is 78.6 Å². The third kappa shape index (κ3) is 21.0. The number of nitrogens with one attached hydrogen (secondary N) is 1. The Balaban J connectivity index is 1.90. The smallest absolute Gasteiger partial charge is 0.308 e. The maximum Gasteiger partial charge on any atom is 0.308 e. The highest BCUT2D eigenvalue weighted by Crippen LogP contribution is 2.38. The van der Waals surface area contributed by atoms with E-state index < -0.39 is 147 Å². The van der Waals surface area contributed by atoms with Gasteiger partial charge in [0, 0.05) is 44.1 Å². The molecule has 3 aliphatic rings. The Kier molecular flexibility index (Phi) is 25.5. The maximum absolute atomic E-state index is 13.6. The van der Waals surface area contributed by atoms with Gasteiger partial charge in [0.25, 0.3) is 0 Å². The third-order valence-corrected chi connectivity index (χ3v) is 11.7. The van der Waals surface area contributed by atoms with Crippen LogP contribution < -0.4 is 11.1 Å². The first-order chi connectivity index (χ1) is 31.7. The van der Waals surface area contributed by atoms with Gasteiger partial charge in [-0.05, 0) is 33.1 Å². The van der Waals surface area contributed by atoms with Gasteiger partial charge in [-0.1, -0.05) is 92.0 Å². The van der Waals surface area contributed by atoms with Crippen molar-refractivity contribution in [2.75, 3.05) is 13.2 Å². The summed E-state index contributed by atoms with van der Waals surface area (Å²) in [5, 5.41) is 121. The van der Waals surface area contributed by atoms with Crippen molar-refractivity contribution >= 4 is 11.9 Å². The maximum atomic E-state index is 13.6. The molecule has 1 amide bonds. The number of amides is 1. The van der Waals surface area contributed by atoms with Crippen molar-refractivity contribution in [2.45, 2.75) is 176 Å². The van der Waals surface area contributed by atoms with E-state index in [2.05, 4.69) is 5.32 Å². The number of carbonyl (C=O) groups excluding carboxylic acids is 2. The van der Waals surface area contributed by atoms with Crippen molar-refractivity contribution in [3.05, 3.63) is 85.1 Å². The molecule has 0 aromatic carbocycles. The number of aliphatic hydroxyl groups is 11. The summed E-state index contributed by atoms with van der Waals surface area (Å²) in [6, 6.07) is -1.85. The first-order valence-corrected chi connectivity index (χ1v) is 23.1. The van der Waals surface area contributed by atoms with Crippen molar-refractivity contribution in [3.63, 3.8) is 0 Å². The van der Waals surface area contributed by atoms with E-state index in [1.807, 2.05) is 25.2 Å². The van der Waals surface area contributed by atoms with Crippen LogP contribution in [0, 0.1) is 11.8 Å². The topological polar surface area (TPSA) is 332 Å². The minimum atomic E-state index is -2.30. The summed E-state index contributed by atoms with van der Waals surface area (Å²) in [7, 11) is 0. The van der Waals surface area contributed by atoms with Crippen LogP contribution in [0.3, 0.4) is 0 Å². The number of aliphatic hydroxyl groups excluding tert-OH is 10. The molecule has 10 unspecified atom stereocenters. The predicted octanol–water partition coefficient (Wildman–Crippen LogP) is -0.510. The summed E-state index contributed by atoms with van der Waals surface area (Å²) in [5.74, 6) is -5.36. The number of carbonyl (C=O) groups is 2. The fourth-order valence-electron chi connectivity index (χ4n) is 7.89. The minimum Gasteiger partial charge on any atom is -0.462 e. The molecule has 67 heavy (non-hydrogen) atoms. The molecule has 3 rings (SSSR count). The molecule has 0 spiro atoms. The highest BCUT2D eigenvalue weighted by Gasteiger charge is 2.50. The average Bonchev–Trinajstić information content (AvgIpc) is 3.24. The molecule has 14 N–H and O–H groups in total. The zero-order valence-electron chi connectivity index (χ0n) is 38.6. The van der Waals surface area contributed by atoms with Crippen LogP contribution in [-0.4, -0.2) is 179 Å². The number of rotatable bonds is 5. The molecule has 19 heteroatoms. The Morgan fingerprint density at radius 2 is 1.34 bits per heavy atom. The number of fused-ring (bicyclic) bond motifs is 2. The van der Waals surface area contributed by atoms with Gasteiger partial charge in [0.2, 0.25) is 5.91 Å². The molecule has 3 aliphatic heterocycles. The Labute approximate surface area is 392 Å². The molecule has 2 saturated heterocycles. The van der Waals surface area contributed by atoms with E-state index in [4.69, 9.17) is 24.7 Å². The summed E-state index contributed by atoms with van der Waals surface area (Å²) < 4.78 is 23.2. The van der Waals surface area contributed by atoms with Gasteiger partial charge < -0.3 is 86.2 Å². The van der Waals surface area contributed by atoms with Crippen LogP contribution in [0.5, 0.6) is 0 Å². The van der Waals surface area contributed by atoms with Gasteiger partial charge in [0.15, 0.2) is 12.1 Å². The highest BCUT2D eigenvalue weighted by atomic mass is 16.7. The van der Waals surface area contributed by atoms with Crippen LogP contribution in [0.4, 0.5) is 0 Å². The molecule has 2 bridgehead atoms. The van der Waals surface area contributed by atoms with E-state index >= 15 is 0 Å². The molecule has 0 aromatic heterocycles. The SMILES string of the molecule is C[C@@H](CO)NC(=O)C1[C@@H]2CC(O[C@@H]3OCC(O)[C@H](N)[C@@H]3O)/C=C/C=C/C=C/C=C/C=C/C=C/C=C/[C@H](C)C(O)C[C@H](C)OC(=O)CC(O)CC(O)CCC(O)C(O)CC(O)CC(O)(C[C@@H]1O)O2. The number of allylic oxidation sites excluding steroid dienone is 12. The summed E-state index contributed by atoms with van der Waals surface area (Å²) in [6.45, 7) is 4.30. The van der Waals surface area contributed by atoms with E-state index in [1.54, 1.807) is 73.8 Å². The zero-order valence-corrected chi connectivity index (χ0v) is 38.6. The molecule has 380 valence electrons. The van der Waals surface area contributed by atoms with E-state index in [1.165, 1.54) is 6.92 Å². The molecule has 2 fully saturated rings. The van der Waals surface area contributed by atoms with Crippen LogP contribution in [-0.2, 0) is 28.5 Å². The van der Waals surface area contributed by atoms with Crippen molar-refractivity contribution in [1.82, 2.24) is 5.32 Å².